The molecule has 0 N–H and O–H groups in total. The number of carbonyl (C=O) groups excluding carboxylic acids is 1. The minimum absolute atomic E-state index is 0.0964. The predicted molar refractivity (Wildman–Crippen MR) is 80.3 cm³/mol. The van der Waals surface area contributed by atoms with Crippen molar-refractivity contribution < 1.29 is 41.1 Å². The molecule has 0 aliphatic rings. The summed E-state index contributed by atoms with van der Waals surface area (Å²) in [7, 11) is 0. The standard InChI is InChI=1S/C12H7F5N2O5S2/c1-2-24-10(20)9-18(21)6-3-5(26-12(16,17)11(13,14)15)4-7(19(22)23)8(6)25-9/h3-4H,2H2,1H3. The number of thioether (sulfide) groups is 1. The van der Waals surface area contributed by atoms with Crippen molar-refractivity contribution >= 4 is 45.0 Å². The summed E-state index contributed by atoms with van der Waals surface area (Å²) in [6, 6.07) is 1.11. The Bertz CT molecular complexity index is 883. The molecule has 26 heavy (non-hydrogen) atoms. The molecular weight excluding hydrogens is 411 g/mol. The van der Waals surface area contributed by atoms with Crippen LogP contribution in [-0.4, -0.2) is 28.9 Å². The number of halogens is 5. The molecule has 0 spiro atoms. The maximum Gasteiger partial charge on any atom is 0.464 e. The van der Waals surface area contributed by atoms with E-state index in [-0.39, 0.29) is 16.0 Å². The van der Waals surface area contributed by atoms with Crippen LogP contribution in [-0.2, 0) is 4.74 Å². The molecular formula is C12H7F5N2O5S2. The van der Waals surface area contributed by atoms with Crippen molar-refractivity contribution in [3.8, 4) is 0 Å². The molecule has 0 saturated carbocycles. The van der Waals surface area contributed by atoms with Gasteiger partial charge in [-0.15, -0.1) is 4.73 Å². The Morgan fingerprint density at radius 3 is 2.46 bits per heavy atom. The van der Waals surface area contributed by atoms with Gasteiger partial charge in [-0.25, -0.2) is 4.79 Å². The van der Waals surface area contributed by atoms with Crippen molar-refractivity contribution in [3.63, 3.8) is 0 Å². The van der Waals surface area contributed by atoms with Crippen LogP contribution in [0.3, 0.4) is 0 Å². The van der Waals surface area contributed by atoms with Gasteiger partial charge < -0.3 is 9.94 Å². The van der Waals surface area contributed by atoms with E-state index in [1.807, 2.05) is 0 Å². The number of alkyl halides is 5. The summed E-state index contributed by atoms with van der Waals surface area (Å²) < 4.78 is 67.5. The van der Waals surface area contributed by atoms with Gasteiger partial charge in [-0.2, -0.15) is 22.0 Å². The summed E-state index contributed by atoms with van der Waals surface area (Å²) in [6.45, 7) is 1.34. The van der Waals surface area contributed by atoms with Gasteiger partial charge in [0.2, 0.25) is 5.52 Å². The number of thiazole rings is 1. The lowest BCUT2D eigenvalue weighted by molar-refractivity contribution is -0.575. The number of non-ortho nitro benzene ring substituents is 1. The third-order valence-corrected chi connectivity index (χ3v) is 4.96. The highest BCUT2D eigenvalue weighted by atomic mass is 32.2. The van der Waals surface area contributed by atoms with Crippen LogP contribution in [0.25, 0.3) is 10.2 Å². The largest absolute Gasteiger partial charge is 0.617 e. The summed E-state index contributed by atoms with van der Waals surface area (Å²) in [5.41, 5.74) is -1.47. The second-order valence-corrected chi connectivity index (χ2v) is 6.77. The van der Waals surface area contributed by atoms with E-state index in [0.29, 0.717) is 23.5 Å². The fraction of sp³-hybridized carbons (Fsp3) is 0.333. The van der Waals surface area contributed by atoms with Crippen molar-refractivity contribution in [3.05, 3.63) is 32.5 Å². The Morgan fingerprint density at radius 1 is 1.35 bits per heavy atom. The SMILES string of the molecule is CCOC(=O)c1sc2c([N+](=O)[O-])cc(SC(F)(F)C(F)(F)F)cc2[n+]1[O-]. The maximum absolute atomic E-state index is 13.2. The lowest BCUT2D eigenvalue weighted by atomic mass is 10.3. The normalized spacial score (nSPS) is 12.4. The number of rotatable bonds is 5. The highest BCUT2D eigenvalue weighted by molar-refractivity contribution is 8.00. The fourth-order valence-electron chi connectivity index (χ4n) is 1.79. The summed E-state index contributed by atoms with van der Waals surface area (Å²) >= 11 is -0.616. The number of fused-ring (bicyclic) bond motifs is 1. The number of ether oxygens (including phenoxy) is 1. The Morgan fingerprint density at radius 2 is 1.96 bits per heavy atom. The number of nitro groups is 1. The first-order chi connectivity index (χ1) is 11.9. The van der Waals surface area contributed by atoms with E-state index in [2.05, 4.69) is 4.74 Å². The molecule has 0 unspecified atom stereocenters. The van der Waals surface area contributed by atoms with Gasteiger partial charge in [-0.1, -0.05) is 0 Å². The average Bonchev–Trinajstić information content (AvgIpc) is 2.82. The molecule has 2 rings (SSSR count). The monoisotopic (exact) mass is 418 g/mol. The molecule has 0 atom stereocenters. The van der Waals surface area contributed by atoms with Crippen LogP contribution >= 0.6 is 23.1 Å². The topological polar surface area (TPSA) is 96.4 Å². The second kappa shape index (κ2) is 6.83. The molecule has 0 aliphatic heterocycles. The van der Waals surface area contributed by atoms with Gasteiger partial charge in [0.15, 0.2) is 4.70 Å². The zero-order valence-corrected chi connectivity index (χ0v) is 14.1. The molecule has 14 heteroatoms. The van der Waals surface area contributed by atoms with E-state index in [4.69, 9.17) is 0 Å². The van der Waals surface area contributed by atoms with Gasteiger partial charge in [0.25, 0.3) is 5.69 Å². The van der Waals surface area contributed by atoms with E-state index >= 15 is 0 Å². The third-order valence-electron chi connectivity index (χ3n) is 2.85. The summed E-state index contributed by atoms with van der Waals surface area (Å²) in [5.74, 6) is -1.10. The van der Waals surface area contributed by atoms with Crippen LogP contribution in [0.1, 0.15) is 16.7 Å². The van der Waals surface area contributed by atoms with Gasteiger partial charge in [-0.05, 0) is 30.0 Å². The minimum atomic E-state index is -5.90. The van der Waals surface area contributed by atoms with Crippen LogP contribution in [0.4, 0.5) is 27.6 Å². The van der Waals surface area contributed by atoms with Crippen molar-refractivity contribution in [2.75, 3.05) is 6.61 Å². The lowest BCUT2D eigenvalue weighted by Gasteiger charge is -2.18. The second-order valence-electron chi connectivity index (χ2n) is 4.59. The smallest absolute Gasteiger partial charge is 0.464 e. The molecule has 7 nitrogen and oxygen atoms in total. The van der Waals surface area contributed by atoms with Gasteiger partial charge in [-0.3, -0.25) is 10.1 Å². The van der Waals surface area contributed by atoms with Crippen molar-refractivity contribution in [2.45, 2.75) is 23.3 Å². The number of nitro benzene ring substituents is 1. The fourth-order valence-corrected chi connectivity index (χ4v) is 3.55. The zero-order valence-electron chi connectivity index (χ0n) is 12.5. The number of nitrogens with zero attached hydrogens (tertiary/aromatic N) is 2. The van der Waals surface area contributed by atoms with Crippen LogP contribution in [0.15, 0.2) is 17.0 Å². The number of aromatic nitrogens is 1. The molecule has 142 valence electrons. The zero-order chi connectivity index (χ0) is 19.9. The van der Waals surface area contributed by atoms with Crippen molar-refractivity contribution in [1.82, 2.24) is 0 Å². The molecule has 0 radical (unpaired) electrons. The van der Waals surface area contributed by atoms with Crippen molar-refractivity contribution in [2.24, 2.45) is 0 Å². The Kier molecular flexibility index (Phi) is 5.28. The van der Waals surface area contributed by atoms with E-state index in [1.54, 1.807) is 0 Å². The van der Waals surface area contributed by atoms with E-state index in [1.165, 1.54) is 6.92 Å². The van der Waals surface area contributed by atoms with E-state index < -0.39 is 55.2 Å². The Hall–Kier alpha value is -2.22. The van der Waals surface area contributed by atoms with Crippen LogP contribution in [0.5, 0.6) is 0 Å². The number of esters is 1. The van der Waals surface area contributed by atoms with Crippen LogP contribution in [0, 0.1) is 15.3 Å². The molecule has 0 bridgehead atoms. The van der Waals surface area contributed by atoms with Gasteiger partial charge in [0.1, 0.15) is 0 Å². The summed E-state index contributed by atoms with van der Waals surface area (Å²) in [5, 5.41) is 17.4. The average molecular weight is 418 g/mol. The van der Waals surface area contributed by atoms with E-state index in [0.717, 1.165) is 0 Å². The number of benzene rings is 1. The minimum Gasteiger partial charge on any atom is -0.617 e. The Balaban J connectivity index is 2.64. The quantitative estimate of drug-likeness (QED) is 0.139. The molecule has 0 aliphatic carbocycles. The third kappa shape index (κ3) is 3.65. The molecule has 0 fully saturated rings. The first-order valence-corrected chi connectivity index (χ1v) is 8.17. The molecule has 0 saturated heterocycles. The maximum atomic E-state index is 13.2. The lowest BCUT2D eigenvalue weighted by Crippen LogP contribution is -2.33. The van der Waals surface area contributed by atoms with Gasteiger partial charge >= 0.3 is 22.4 Å². The van der Waals surface area contributed by atoms with Gasteiger partial charge in [0.05, 0.1) is 11.5 Å². The number of hydrogen-bond acceptors (Lipinski definition) is 7. The highest BCUT2D eigenvalue weighted by Gasteiger charge is 2.58. The number of hydrogen-bond donors (Lipinski definition) is 0. The molecule has 1 heterocycles. The van der Waals surface area contributed by atoms with Crippen LogP contribution in [0.2, 0.25) is 0 Å². The predicted octanol–water partition coefficient (Wildman–Crippen LogP) is 3.87. The van der Waals surface area contributed by atoms with Gasteiger partial charge in [0, 0.05) is 17.0 Å². The van der Waals surface area contributed by atoms with Crippen LogP contribution < -0.4 is 4.73 Å². The summed E-state index contributed by atoms with van der Waals surface area (Å²) in [4.78, 5) is 20.9. The molecule has 2 aromatic rings. The number of carbonyl (C=O) groups is 1. The molecule has 0 amide bonds. The summed E-state index contributed by atoms with van der Waals surface area (Å²) in [6.07, 6.45) is -5.90. The highest BCUT2D eigenvalue weighted by Crippen LogP contribution is 2.49. The molecule has 1 aromatic carbocycles. The van der Waals surface area contributed by atoms with Crippen molar-refractivity contribution in [1.29, 1.82) is 0 Å². The first-order valence-electron chi connectivity index (χ1n) is 6.54. The Labute approximate surface area is 149 Å². The van der Waals surface area contributed by atoms with E-state index in [9.17, 15) is 42.1 Å². The first kappa shape index (κ1) is 20.1. The molecule has 1 aromatic heterocycles.